The van der Waals surface area contributed by atoms with Crippen LogP contribution >= 0.6 is 0 Å². The average molecular weight is 241 g/mol. The first kappa shape index (κ1) is 10.6. The van der Waals surface area contributed by atoms with Gasteiger partial charge in [-0.2, -0.15) is 0 Å². The molecule has 1 aliphatic rings. The van der Waals surface area contributed by atoms with Crippen LogP contribution in [0.15, 0.2) is 36.5 Å². The number of nitrogens with one attached hydrogen (secondary N) is 2. The third-order valence-electron chi connectivity index (χ3n) is 2.98. The van der Waals surface area contributed by atoms with Gasteiger partial charge in [-0.05, 0) is 29.8 Å². The minimum atomic E-state index is -0.370. The maximum atomic E-state index is 10.8. The van der Waals surface area contributed by atoms with Gasteiger partial charge in [-0.1, -0.05) is 0 Å². The van der Waals surface area contributed by atoms with Gasteiger partial charge in [-0.25, -0.2) is 0 Å². The van der Waals surface area contributed by atoms with E-state index in [1.807, 2.05) is 24.4 Å². The lowest BCUT2D eigenvalue weighted by Crippen LogP contribution is -1.91. The lowest BCUT2D eigenvalue weighted by atomic mass is 10.1. The van der Waals surface area contributed by atoms with E-state index in [2.05, 4.69) is 10.3 Å². The molecule has 2 aromatic rings. The Hall–Kier alpha value is -2.56. The van der Waals surface area contributed by atoms with Crippen LogP contribution in [0.3, 0.4) is 0 Å². The molecule has 0 spiro atoms. The van der Waals surface area contributed by atoms with Gasteiger partial charge in [0.25, 0.3) is 5.69 Å². The van der Waals surface area contributed by atoms with Crippen molar-refractivity contribution in [2.24, 2.45) is 0 Å². The second-order valence-electron chi connectivity index (χ2n) is 4.14. The Kier molecular flexibility index (Phi) is 2.37. The van der Waals surface area contributed by atoms with E-state index >= 15 is 0 Å². The SMILES string of the molecule is O=[N+]([O-])c1ccc2c(c1)/C(=C/c1ccc[nH]1)CN2. The summed E-state index contributed by atoms with van der Waals surface area (Å²) in [6.07, 6.45) is 3.85. The van der Waals surface area contributed by atoms with Gasteiger partial charge < -0.3 is 10.3 Å². The summed E-state index contributed by atoms with van der Waals surface area (Å²) in [6.45, 7) is 0.690. The predicted molar refractivity (Wildman–Crippen MR) is 70.2 cm³/mol. The van der Waals surface area contributed by atoms with Crippen molar-refractivity contribution in [2.45, 2.75) is 0 Å². The Balaban J connectivity index is 2.05. The Morgan fingerprint density at radius 1 is 1.33 bits per heavy atom. The number of non-ortho nitro benzene ring substituents is 1. The molecule has 0 amide bonds. The summed E-state index contributed by atoms with van der Waals surface area (Å²) in [5, 5.41) is 14.0. The van der Waals surface area contributed by atoms with E-state index in [1.165, 1.54) is 6.07 Å². The van der Waals surface area contributed by atoms with Crippen molar-refractivity contribution < 1.29 is 4.92 Å². The highest BCUT2D eigenvalue weighted by Gasteiger charge is 2.19. The molecule has 0 atom stereocenters. The number of benzene rings is 1. The van der Waals surface area contributed by atoms with Crippen molar-refractivity contribution in [2.75, 3.05) is 11.9 Å². The van der Waals surface area contributed by atoms with Crippen LogP contribution in [-0.4, -0.2) is 16.5 Å². The van der Waals surface area contributed by atoms with Crippen LogP contribution in [0, 0.1) is 10.1 Å². The smallest absolute Gasteiger partial charge is 0.270 e. The number of hydrogen-bond donors (Lipinski definition) is 2. The third-order valence-corrected chi connectivity index (χ3v) is 2.98. The van der Waals surface area contributed by atoms with Gasteiger partial charge in [0.1, 0.15) is 0 Å². The highest BCUT2D eigenvalue weighted by atomic mass is 16.6. The van der Waals surface area contributed by atoms with E-state index in [1.54, 1.807) is 12.1 Å². The van der Waals surface area contributed by atoms with Crippen molar-refractivity contribution in [3.8, 4) is 0 Å². The highest BCUT2D eigenvalue weighted by Crippen LogP contribution is 2.34. The number of H-pyrrole nitrogens is 1. The molecule has 3 rings (SSSR count). The van der Waals surface area contributed by atoms with Crippen molar-refractivity contribution >= 4 is 23.0 Å². The Morgan fingerprint density at radius 3 is 2.94 bits per heavy atom. The van der Waals surface area contributed by atoms with E-state index in [9.17, 15) is 10.1 Å². The van der Waals surface area contributed by atoms with Crippen molar-refractivity contribution in [1.82, 2.24) is 4.98 Å². The monoisotopic (exact) mass is 241 g/mol. The predicted octanol–water partition coefficient (Wildman–Crippen LogP) is 2.89. The largest absolute Gasteiger partial charge is 0.380 e. The molecule has 90 valence electrons. The van der Waals surface area contributed by atoms with Crippen LogP contribution in [0.5, 0.6) is 0 Å². The topological polar surface area (TPSA) is 71.0 Å². The molecule has 0 aliphatic carbocycles. The van der Waals surface area contributed by atoms with Crippen LogP contribution in [0.1, 0.15) is 11.3 Å². The molecular weight excluding hydrogens is 230 g/mol. The van der Waals surface area contributed by atoms with Crippen LogP contribution < -0.4 is 5.32 Å². The third kappa shape index (κ3) is 1.75. The number of aromatic nitrogens is 1. The molecule has 0 fully saturated rings. The van der Waals surface area contributed by atoms with Crippen LogP contribution in [0.25, 0.3) is 11.6 Å². The van der Waals surface area contributed by atoms with Gasteiger partial charge in [0.2, 0.25) is 0 Å². The number of nitro groups is 1. The first-order valence-electron chi connectivity index (χ1n) is 5.61. The molecule has 5 heteroatoms. The first-order chi connectivity index (χ1) is 8.74. The minimum Gasteiger partial charge on any atom is -0.380 e. The quantitative estimate of drug-likeness (QED) is 0.627. The zero-order valence-corrected chi connectivity index (χ0v) is 9.51. The molecular formula is C13H11N3O2. The van der Waals surface area contributed by atoms with Crippen molar-refractivity contribution in [1.29, 1.82) is 0 Å². The fourth-order valence-electron chi connectivity index (χ4n) is 2.10. The van der Waals surface area contributed by atoms with E-state index in [4.69, 9.17) is 0 Å². The number of aromatic amines is 1. The molecule has 1 aliphatic heterocycles. The highest BCUT2D eigenvalue weighted by molar-refractivity contribution is 5.93. The zero-order chi connectivity index (χ0) is 12.5. The normalized spacial score (nSPS) is 15.4. The first-order valence-corrected chi connectivity index (χ1v) is 5.61. The molecule has 2 heterocycles. The molecule has 1 aromatic carbocycles. The number of nitro benzene ring substituents is 1. The second-order valence-corrected chi connectivity index (χ2v) is 4.14. The van der Waals surface area contributed by atoms with Crippen LogP contribution in [0.2, 0.25) is 0 Å². The van der Waals surface area contributed by atoms with Gasteiger partial charge in [-0.3, -0.25) is 10.1 Å². The van der Waals surface area contributed by atoms with E-state index in [0.29, 0.717) is 6.54 Å². The minimum absolute atomic E-state index is 0.120. The summed E-state index contributed by atoms with van der Waals surface area (Å²) in [6, 6.07) is 8.77. The molecule has 2 N–H and O–H groups in total. The van der Waals surface area contributed by atoms with E-state index in [-0.39, 0.29) is 10.6 Å². The van der Waals surface area contributed by atoms with Crippen LogP contribution in [-0.2, 0) is 0 Å². The summed E-state index contributed by atoms with van der Waals surface area (Å²) in [5.74, 6) is 0. The van der Waals surface area contributed by atoms with Crippen molar-refractivity contribution in [3.05, 3.63) is 57.9 Å². The van der Waals surface area contributed by atoms with Gasteiger partial charge in [0.05, 0.1) is 4.92 Å². The molecule has 0 saturated heterocycles. The number of hydrogen-bond acceptors (Lipinski definition) is 3. The molecule has 1 aromatic heterocycles. The number of nitrogens with zero attached hydrogens (tertiary/aromatic N) is 1. The number of fused-ring (bicyclic) bond motifs is 1. The molecule has 0 radical (unpaired) electrons. The Labute approximate surface area is 103 Å². The summed E-state index contributed by atoms with van der Waals surface area (Å²) < 4.78 is 0. The van der Waals surface area contributed by atoms with Gasteiger partial charge in [-0.15, -0.1) is 0 Å². The summed E-state index contributed by atoms with van der Waals surface area (Å²) in [5.41, 5.74) is 4.01. The summed E-state index contributed by atoms with van der Waals surface area (Å²) in [7, 11) is 0. The lowest BCUT2D eigenvalue weighted by molar-refractivity contribution is -0.384. The molecule has 0 unspecified atom stereocenters. The van der Waals surface area contributed by atoms with E-state index < -0.39 is 0 Å². The average Bonchev–Trinajstić information content (AvgIpc) is 2.99. The molecule has 0 saturated carbocycles. The number of anilines is 1. The fraction of sp³-hybridized carbons (Fsp3) is 0.0769. The van der Waals surface area contributed by atoms with Crippen molar-refractivity contribution in [3.63, 3.8) is 0 Å². The Morgan fingerprint density at radius 2 is 2.22 bits per heavy atom. The van der Waals surface area contributed by atoms with E-state index in [0.717, 1.165) is 22.5 Å². The fourth-order valence-corrected chi connectivity index (χ4v) is 2.10. The maximum absolute atomic E-state index is 10.8. The van der Waals surface area contributed by atoms with Crippen LogP contribution in [0.4, 0.5) is 11.4 Å². The molecule has 5 nitrogen and oxygen atoms in total. The van der Waals surface area contributed by atoms with Gasteiger partial charge in [0.15, 0.2) is 0 Å². The van der Waals surface area contributed by atoms with Gasteiger partial charge in [0, 0.05) is 41.8 Å². The second kappa shape index (κ2) is 4.03. The standard InChI is InChI=1S/C13H11N3O2/c17-16(18)11-3-4-13-12(7-11)9(8-15-13)6-10-2-1-5-14-10/h1-7,14-15H,8H2/b9-6+. The maximum Gasteiger partial charge on any atom is 0.270 e. The van der Waals surface area contributed by atoms with Gasteiger partial charge >= 0.3 is 0 Å². The Bertz CT molecular complexity index is 630. The number of rotatable bonds is 2. The molecule has 0 bridgehead atoms. The zero-order valence-electron chi connectivity index (χ0n) is 9.51. The summed E-state index contributed by atoms with van der Waals surface area (Å²) in [4.78, 5) is 13.5. The summed E-state index contributed by atoms with van der Waals surface area (Å²) >= 11 is 0. The molecule has 18 heavy (non-hydrogen) atoms. The lowest BCUT2D eigenvalue weighted by Gasteiger charge is -1.99.